The van der Waals surface area contributed by atoms with Crippen molar-refractivity contribution < 1.29 is 14.3 Å². The number of ketones is 1. The Balaban J connectivity index is 2.17. The maximum Gasteiger partial charge on any atom is 0.306 e. The molecule has 0 aliphatic carbocycles. The standard InChI is InChI=1S/C18H17BrO3/c1-22-18(21)12-15(13-5-3-2-4-6-13)11-17(20)14-7-9-16(19)10-8-14/h2-10,15H,11-12H2,1H3/t15-/m1/s1. The molecule has 0 aromatic heterocycles. The first kappa shape index (κ1) is 16.4. The average Bonchev–Trinajstić information content (AvgIpc) is 2.55. The molecule has 4 heteroatoms. The molecule has 0 aliphatic heterocycles. The van der Waals surface area contributed by atoms with Gasteiger partial charge < -0.3 is 4.74 Å². The smallest absolute Gasteiger partial charge is 0.306 e. The SMILES string of the molecule is COC(=O)C[C@@H](CC(=O)c1ccc(Br)cc1)c1ccccc1. The van der Waals surface area contributed by atoms with Gasteiger partial charge in [-0.1, -0.05) is 58.4 Å². The molecule has 0 radical (unpaired) electrons. The van der Waals surface area contributed by atoms with Gasteiger partial charge in [0.15, 0.2) is 5.78 Å². The molecule has 0 spiro atoms. The van der Waals surface area contributed by atoms with Gasteiger partial charge in [-0.2, -0.15) is 0 Å². The Kier molecular flexibility index (Phi) is 5.90. The first-order valence-electron chi connectivity index (χ1n) is 7.00. The zero-order chi connectivity index (χ0) is 15.9. The number of hydrogen-bond donors (Lipinski definition) is 0. The summed E-state index contributed by atoms with van der Waals surface area (Å²) in [7, 11) is 1.36. The van der Waals surface area contributed by atoms with Gasteiger partial charge in [-0.15, -0.1) is 0 Å². The minimum atomic E-state index is -0.308. The topological polar surface area (TPSA) is 43.4 Å². The number of methoxy groups -OCH3 is 1. The number of Topliss-reactive ketones (excluding diaryl/α,β-unsaturated/α-hetero) is 1. The molecule has 0 bridgehead atoms. The van der Waals surface area contributed by atoms with E-state index >= 15 is 0 Å². The van der Waals surface area contributed by atoms with Gasteiger partial charge >= 0.3 is 5.97 Å². The van der Waals surface area contributed by atoms with Crippen molar-refractivity contribution >= 4 is 27.7 Å². The fourth-order valence-corrected chi connectivity index (χ4v) is 2.56. The van der Waals surface area contributed by atoms with E-state index in [-0.39, 0.29) is 30.5 Å². The minimum absolute atomic E-state index is 0.0188. The number of hydrogen-bond acceptors (Lipinski definition) is 3. The maximum atomic E-state index is 12.4. The van der Waals surface area contributed by atoms with Crippen LogP contribution in [0.2, 0.25) is 0 Å². The van der Waals surface area contributed by atoms with E-state index in [0.717, 1.165) is 10.0 Å². The normalized spacial score (nSPS) is 11.7. The number of carbonyl (C=O) groups is 2. The number of rotatable bonds is 6. The van der Waals surface area contributed by atoms with Crippen molar-refractivity contribution in [2.45, 2.75) is 18.8 Å². The molecular weight excluding hydrogens is 344 g/mol. The summed E-state index contributed by atoms with van der Waals surface area (Å²) in [5.74, 6) is -0.465. The highest BCUT2D eigenvalue weighted by Crippen LogP contribution is 2.26. The van der Waals surface area contributed by atoms with Crippen molar-refractivity contribution in [3.63, 3.8) is 0 Å². The molecule has 2 aromatic rings. The van der Waals surface area contributed by atoms with Gasteiger partial charge in [-0.3, -0.25) is 9.59 Å². The molecule has 0 heterocycles. The number of carbonyl (C=O) groups excluding carboxylic acids is 2. The van der Waals surface area contributed by atoms with E-state index in [1.165, 1.54) is 7.11 Å². The minimum Gasteiger partial charge on any atom is -0.469 e. The Morgan fingerprint density at radius 3 is 2.23 bits per heavy atom. The highest BCUT2D eigenvalue weighted by molar-refractivity contribution is 9.10. The molecule has 1 atom stereocenters. The predicted octanol–water partition coefficient (Wildman–Crippen LogP) is 4.37. The lowest BCUT2D eigenvalue weighted by Gasteiger charge is -2.15. The third kappa shape index (κ3) is 4.53. The third-order valence-electron chi connectivity index (χ3n) is 3.51. The number of ether oxygens (including phenoxy) is 1. The van der Waals surface area contributed by atoms with E-state index in [1.807, 2.05) is 42.5 Å². The number of benzene rings is 2. The summed E-state index contributed by atoms with van der Waals surface area (Å²) >= 11 is 3.35. The van der Waals surface area contributed by atoms with E-state index in [4.69, 9.17) is 4.74 Å². The molecular formula is C18H17BrO3. The zero-order valence-electron chi connectivity index (χ0n) is 12.3. The van der Waals surface area contributed by atoms with Crippen molar-refractivity contribution in [2.24, 2.45) is 0 Å². The summed E-state index contributed by atoms with van der Waals surface area (Å²) < 4.78 is 5.68. The fraction of sp³-hybridized carbons (Fsp3) is 0.222. The average molecular weight is 361 g/mol. The summed E-state index contributed by atoms with van der Waals surface area (Å²) in [6, 6.07) is 16.8. The molecule has 0 fully saturated rings. The van der Waals surface area contributed by atoms with E-state index < -0.39 is 0 Å². The fourth-order valence-electron chi connectivity index (χ4n) is 2.30. The zero-order valence-corrected chi connectivity index (χ0v) is 13.9. The number of halogens is 1. The lowest BCUT2D eigenvalue weighted by molar-refractivity contribution is -0.141. The van der Waals surface area contributed by atoms with Crippen LogP contribution in [-0.2, 0) is 9.53 Å². The van der Waals surface area contributed by atoms with E-state index in [2.05, 4.69) is 15.9 Å². The van der Waals surface area contributed by atoms with Gasteiger partial charge in [-0.05, 0) is 17.7 Å². The third-order valence-corrected chi connectivity index (χ3v) is 4.04. The first-order valence-corrected chi connectivity index (χ1v) is 7.80. The van der Waals surface area contributed by atoms with Crippen LogP contribution in [0.3, 0.4) is 0 Å². The van der Waals surface area contributed by atoms with E-state index in [1.54, 1.807) is 12.1 Å². The monoisotopic (exact) mass is 360 g/mol. The second-order valence-electron chi connectivity index (χ2n) is 5.02. The molecule has 0 aliphatic rings. The van der Waals surface area contributed by atoms with Gasteiger partial charge in [0.1, 0.15) is 0 Å². The van der Waals surface area contributed by atoms with Crippen molar-refractivity contribution in [1.82, 2.24) is 0 Å². The van der Waals surface area contributed by atoms with Crippen LogP contribution in [-0.4, -0.2) is 18.9 Å². The van der Waals surface area contributed by atoms with Crippen LogP contribution in [0.4, 0.5) is 0 Å². The molecule has 2 aromatic carbocycles. The van der Waals surface area contributed by atoms with Crippen LogP contribution in [0.25, 0.3) is 0 Å². The van der Waals surface area contributed by atoms with Crippen LogP contribution in [0, 0.1) is 0 Å². The molecule has 114 valence electrons. The molecule has 0 saturated carbocycles. The summed E-state index contributed by atoms with van der Waals surface area (Å²) in [4.78, 5) is 24.1. The van der Waals surface area contributed by atoms with Gasteiger partial charge in [0, 0.05) is 22.4 Å². The summed E-state index contributed by atoms with van der Waals surface area (Å²) in [5.41, 5.74) is 1.62. The van der Waals surface area contributed by atoms with Crippen molar-refractivity contribution in [3.05, 3.63) is 70.2 Å². The highest BCUT2D eigenvalue weighted by atomic mass is 79.9. The van der Waals surface area contributed by atoms with Crippen LogP contribution in [0.15, 0.2) is 59.1 Å². The van der Waals surface area contributed by atoms with E-state index in [0.29, 0.717) is 5.56 Å². The summed E-state index contributed by atoms with van der Waals surface area (Å²) in [6.07, 6.45) is 0.476. The quantitative estimate of drug-likeness (QED) is 0.567. The van der Waals surface area contributed by atoms with Gasteiger partial charge in [0.2, 0.25) is 0 Å². The summed E-state index contributed by atoms with van der Waals surface area (Å²) in [6.45, 7) is 0. The van der Waals surface area contributed by atoms with Crippen molar-refractivity contribution in [1.29, 1.82) is 0 Å². The number of esters is 1. The first-order chi connectivity index (χ1) is 10.6. The molecule has 22 heavy (non-hydrogen) atoms. The van der Waals surface area contributed by atoms with Crippen LogP contribution < -0.4 is 0 Å². The van der Waals surface area contributed by atoms with Crippen LogP contribution >= 0.6 is 15.9 Å². The molecule has 2 rings (SSSR count). The maximum absolute atomic E-state index is 12.4. The van der Waals surface area contributed by atoms with Gasteiger partial charge in [0.05, 0.1) is 13.5 Å². The highest BCUT2D eigenvalue weighted by Gasteiger charge is 2.20. The Bertz CT molecular complexity index is 635. The second-order valence-corrected chi connectivity index (χ2v) is 5.94. The Morgan fingerprint density at radius 1 is 1.00 bits per heavy atom. The second kappa shape index (κ2) is 7.90. The van der Waals surface area contributed by atoms with Gasteiger partial charge in [-0.25, -0.2) is 0 Å². The lowest BCUT2D eigenvalue weighted by Crippen LogP contribution is -2.13. The molecule has 0 unspecified atom stereocenters. The molecule has 0 N–H and O–H groups in total. The van der Waals surface area contributed by atoms with Crippen molar-refractivity contribution in [3.8, 4) is 0 Å². The van der Waals surface area contributed by atoms with Crippen molar-refractivity contribution in [2.75, 3.05) is 7.11 Å². The van der Waals surface area contributed by atoms with E-state index in [9.17, 15) is 9.59 Å². The lowest BCUT2D eigenvalue weighted by atomic mass is 9.89. The van der Waals surface area contributed by atoms with Crippen LogP contribution in [0.5, 0.6) is 0 Å². The Morgan fingerprint density at radius 2 is 1.64 bits per heavy atom. The summed E-state index contributed by atoms with van der Waals surface area (Å²) in [5, 5.41) is 0. The molecule has 0 amide bonds. The van der Waals surface area contributed by atoms with Crippen LogP contribution in [0.1, 0.15) is 34.7 Å². The van der Waals surface area contributed by atoms with Gasteiger partial charge in [0.25, 0.3) is 0 Å². The Labute approximate surface area is 138 Å². The molecule has 3 nitrogen and oxygen atoms in total. The Hall–Kier alpha value is -1.94. The largest absolute Gasteiger partial charge is 0.469 e. The molecule has 0 saturated heterocycles. The predicted molar refractivity (Wildman–Crippen MR) is 88.9 cm³/mol.